The number of piperazine rings is 1. The van der Waals surface area contributed by atoms with E-state index >= 15 is 0 Å². The Bertz CT molecular complexity index is 1780. The van der Waals surface area contributed by atoms with E-state index in [1.165, 1.54) is 4.90 Å². The summed E-state index contributed by atoms with van der Waals surface area (Å²) < 4.78 is 12.8. The van der Waals surface area contributed by atoms with E-state index in [-0.39, 0.29) is 18.8 Å². The van der Waals surface area contributed by atoms with Crippen LogP contribution in [0, 0.1) is 6.92 Å². The number of carbonyl (C=O) groups is 2. The number of fused-ring (bicyclic) bond motifs is 1. The number of imidazole rings is 1. The lowest BCUT2D eigenvalue weighted by molar-refractivity contribution is -0.0287. The number of hydrogen-bond acceptors (Lipinski definition) is 7. The largest absolute Gasteiger partial charge is 0.507 e. The summed E-state index contributed by atoms with van der Waals surface area (Å²) >= 11 is 0. The molecule has 10 heteroatoms. The van der Waals surface area contributed by atoms with E-state index in [1.807, 2.05) is 102 Å². The highest BCUT2D eigenvalue weighted by molar-refractivity contribution is 5.93. The molecule has 1 atom stereocenters. The van der Waals surface area contributed by atoms with Crippen molar-refractivity contribution in [1.82, 2.24) is 19.4 Å². The third-order valence-corrected chi connectivity index (χ3v) is 7.42. The van der Waals surface area contributed by atoms with Crippen LogP contribution in [0.4, 0.5) is 10.5 Å². The van der Waals surface area contributed by atoms with Crippen molar-refractivity contribution in [3.05, 3.63) is 103 Å². The van der Waals surface area contributed by atoms with Crippen LogP contribution in [0.15, 0.2) is 91.3 Å². The molecule has 0 spiro atoms. The highest BCUT2D eigenvalue weighted by atomic mass is 16.7. The summed E-state index contributed by atoms with van der Waals surface area (Å²) in [6, 6.07) is 25.3. The monoisotopic (exact) mass is 577 g/mol. The van der Waals surface area contributed by atoms with E-state index in [0.717, 1.165) is 33.4 Å². The van der Waals surface area contributed by atoms with Crippen molar-refractivity contribution in [2.75, 3.05) is 31.1 Å². The van der Waals surface area contributed by atoms with Gasteiger partial charge in [0, 0.05) is 36.3 Å². The summed E-state index contributed by atoms with van der Waals surface area (Å²) in [6.07, 6.45) is 0.934. The fraction of sp³-hybridized carbons (Fsp3) is 0.212. The number of aryl methyl sites for hydroxylation is 1. The van der Waals surface area contributed by atoms with Gasteiger partial charge in [-0.1, -0.05) is 54.1 Å². The molecule has 1 N–H and O–H groups in total. The second-order valence-corrected chi connectivity index (χ2v) is 10.3. The number of rotatable bonds is 7. The van der Waals surface area contributed by atoms with Gasteiger partial charge < -0.3 is 19.5 Å². The Balaban J connectivity index is 1.33. The number of hydrogen-bond donors (Lipinski definition) is 1. The average Bonchev–Trinajstić information content (AvgIpc) is 3.46. The lowest BCUT2D eigenvalue weighted by Crippen LogP contribution is -2.57. The van der Waals surface area contributed by atoms with Gasteiger partial charge in [0.25, 0.3) is 5.91 Å². The molecule has 6 rings (SSSR count). The van der Waals surface area contributed by atoms with Gasteiger partial charge in [-0.3, -0.25) is 19.2 Å². The van der Waals surface area contributed by atoms with E-state index in [4.69, 9.17) is 14.5 Å². The van der Waals surface area contributed by atoms with Crippen LogP contribution in [0.1, 0.15) is 23.0 Å². The number of pyridine rings is 1. The molecule has 10 nitrogen and oxygen atoms in total. The second kappa shape index (κ2) is 11.8. The lowest BCUT2D eigenvalue weighted by atomic mass is 10.1. The quantitative estimate of drug-likeness (QED) is 0.243. The summed E-state index contributed by atoms with van der Waals surface area (Å²) in [5.74, 6) is 0.856. The minimum Gasteiger partial charge on any atom is -0.494 e. The van der Waals surface area contributed by atoms with Crippen LogP contribution in [0.2, 0.25) is 0 Å². The van der Waals surface area contributed by atoms with Gasteiger partial charge in [-0.25, -0.2) is 9.78 Å². The van der Waals surface area contributed by atoms with Gasteiger partial charge in [-0.15, -0.1) is 0 Å². The topological polar surface area (TPSA) is 110 Å². The smallest absolute Gasteiger partial charge is 0.494 e. The number of ether oxygens (including phenoxy) is 2. The number of amides is 1. The summed E-state index contributed by atoms with van der Waals surface area (Å²) in [7, 11) is 0. The zero-order valence-electron chi connectivity index (χ0n) is 23.9. The molecule has 1 saturated heterocycles. The van der Waals surface area contributed by atoms with E-state index < -0.39 is 18.3 Å². The fourth-order valence-electron chi connectivity index (χ4n) is 5.29. The minimum atomic E-state index is -1.46. The van der Waals surface area contributed by atoms with Gasteiger partial charge >= 0.3 is 6.16 Å². The molecule has 1 amide bonds. The van der Waals surface area contributed by atoms with Crippen LogP contribution in [0.5, 0.6) is 5.75 Å². The van der Waals surface area contributed by atoms with Crippen LogP contribution in [-0.2, 0) is 4.74 Å². The first-order valence-electron chi connectivity index (χ1n) is 14.1. The predicted molar refractivity (Wildman–Crippen MR) is 163 cm³/mol. The molecule has 5 aromatic rings. The Morgan fingerprint density at radius 2 is 1.79 bits per heavy atom. The van der Waals surface area contributed by atoms with Crippen LogP contribution in [-0.4, -0.2) is 69.1 Å². The summed E-state index contributed by atoms with van der Waals surface area (Å²) in [5, 5.41) is 10.5. The van der Waals surface area contributed by atoms with Crippen molar-refractivity contribution in [2.24, 2.45) is 0 Å². The van der Waals surface area contributed by atoms with Gasteiger partial charge in [0.05, 0.1) is 36.2 Å². The van der Waals surface area contributed by atoms with Gasteiger partial charge in [0.1, 0.15) is 17.3 Å². The van der Waals surface area contributed by atoms with Crippen molar-refractivity contribution in [3.63, 3.8) is 0 Å². The molecule has 2 aromatic heterocycles. The second-order valence-electron chi connectivity index (χ2n) is 10.3. The standard InChI is InChI=1S/C33H31N5O5/c1-3-42-27-9-6-8-25(18-27)38-20-29(35-31(38)23-13-11-22(2)12-14-23)32(39)37-16-15-36(21-30(37)43-33(40)41)26-17-24-7-4-5-10-28(24)34-19-26/h4-14,17-20,30H,3,15-16,21H2,1-2H3,(H,40,41)/t30-/m0/s1. The maximum Gasteiger partial charge on any atom is 0.507 e. The van der Waals surface area contributed by atoms with E-state index in [2.05, 4.69) is 4.98 Å². The van der Waals surface area contributed by atoms with Crippen LogP contribution in [0.3, 0.4) is 0 Å². The Hall–Kier alpha value is -5.38. The zero-order chi connectivity index (χ0) is 29.9. The van der Waals surface area contributed by atoms with Crippen LogP contribution >= 0.6 is 0 Å². The molecule has 0 unspecified atom stereocenters. The molecule has 43 heavy (non-hydrogen) atoms. The van der Waals surface area contributed by atoms with Gasteiger partial charge in [0.15, 0.2) is 6.23 Å². The molecule has 1 aliphatic heterocycles. The first kappa shape index (κ1) is 27.8. The molecule has 0 aliphatic carbocycles. The number of anilines is 1. The molecular weight excluding hydrogens is 546 g/mol. The number of carboxylic acid groups (broad SMARTS) is 1. The number of benzene rings is 3. The van der Waals surface area contributed by atoms with Crippen molar-refractivity contribution < 1.29 is 24.2 Å². The van der Waals surface area contributed by atoms with E-state index in [9.17, 15) is 14.7 Å². The van der Waals surface area contributed by atoms with Crippen molar-refractivity contribution in [1.29, 1.82) is 0 Å². The van der Waals surface area contributed by atoms with E-state index in [1.54, 1.807) is 12.4 Å². The Kier molecular flexibility index (Phi) is 7.65. The predicted octanol–water partition coefficient (Wildman–Crippen LogP) is 5.78. The molecule has 0 bridgehead atoms. The maximum absolute atomic E-state index is 14.0. The normalized spacial score (nSPS) is 15.0. The average molecular weight is 578 g/mol. The lowest BCUT2D eigenvalue weighted by Gasteiger charge is -2.40. The van der Waals surface area contributed by atoms with Crippen molar-refractivity contribution in [3.8, 4) is 22.8 Å². The van der Waals surface area contributed by atoms with Crippen LogP contribution in [0.25, 0.3) is 28.0 Å². The molecular formula is C33H31N5O5. The number of carbonyl (C=O) groups excluding carboxylic acids is 1. The van der Waals surface area contributed by atoms with Gasteiger partial charge in [0.2, 0.25) is 0 Å². The first-order valence-corrected chi connectivity index (χ1v) is 14.1. The minimum absolute atomic E-state index is 0.153. The van der Waals surface area contributed by atoms with E-state index in [0.29, 0.717) is 24.7 Å². The molecule has 1 fully saturated rings. The first-order chi connectivity index (χ1) is 20.9. The van der Waals surface area contributed by atoms with Crippen LogP contribution < -0.4 is 9.64 Å². The molecule has 218 valence electrons. The fourth-order valence-corrected chi connectivity index (χ4v) is 5.29. The summed E-state index contributed by atoms with van der Waals surface area (Å²) in [5.41, 5.74) is 4.58. The molecule has 0 radical (unpaired) electrons. The molecule has 3 heterocycles. The highest BCUT2D eigenvalue weighted by Gasteiger charge is 2.35. The summed E-state index contributed by atoms with van der Waals surface area (Å²) in [6.45, 7) is 5.30. The van der Waals surface area contributed by atoms with Gasteiger partial charge in [-0.2, -0.15) is 0 Å². The number of para-hydroxylation sites is 1. The summed E-state index contributed by atoms with van der Waals surface area (Å²) in [4.78, 5) is 38.4. The highest BCUT2D eigenvalue weighted by Crippen LogP contribution is 2.28. The SMILES string of the molecule is CCOc1cccc(-n2cc(C(=O)N3CCN(c4cnc5ccccc5c4)C[C@@H]3OC(=O)O)nc2-c2ccc(C)cc2)c1. The Labute approximate surface area is 248 Å². The third-order valence-electron chi connectivity index (χ3n) is 7.42. The maximum atomic E-state index is 14.0. The van der Waals surface area contributed by atoms with Crippen molar-refractivity contribution >= 4 is 28.7 Å². The molecule has 3 aromatic carbocycles. The van der Waals surface area contributed by atoms with Crippen molar-refractivity contribution in [2.45, 2.75) is 20.1 Å². The van der Waals surface area contributed by atoms with Gasteiger partial charge in [-0.05, 0) is 38.1 Å². The Morgan fingerprint density at radius 1 is 0.977 bits per heavy atom. The number of nitrogens with zero attached hydrogens (tertiary/aromatic N) is 5. The zero-order valence-corrected chi connectivity index (χ0v) is 23.9. The Morgan fingerprint density at radius 3 is 2.58 bits per heavy atom. The third kappa shape index (κ3) is 5.85. The molecule has 0 saturated carbocycles. The molecule has 1 aliphatic rings. The number of aromatic nitrogens is 3.